The highest BCUT2D eigenvalue weighted by Gasteiger charge is 2.18. The minimum atomic E-state index is -3.54. The summed E-state index contributed by atoms with van der Waals surface area (Å²) in [6, 6.07) is 15.8. The van der Waals surface area contributed by atoms with Gasteiger partial charge in [0, 0.05) is 18.3 Å². The van der Waals surface area contributed by atoms with Gasteiger partial charge in [-0.05, 0) is 50.6 Å². The van der Waals surface area contributed by atoms with Crippen LogP contribution in [0.5, 0.6) is 5.75 Å². The van der Waals surface area contributed by atoms with Crippen LogP contribution in [0.2, 0.25) is 0 Å². The van der Waals surface area contributed by atoms with Gasteiger partial charge in [-0.25, -0.2) is 4.79 Å². The third-order valence-electron chi connectivity index (χ3n) is 3.76. The Kier molecular flexibility index (Phi) is 6.63. The highest BCUT2D eigenvalue weighted by molar-refractivity contribution is 7.87. The number of para-hydroxylation sites is 1. The van der Waals surface area contributed by atoms with Crippen molar-refractivity contribution in [3.63, 3.8) is 0 Å². The van der Waals surface area contributed by atoms with E-state index in [1.807, 2.05) is 44.2 Å². The molecule has 0 aliphatic rings. The molecule has 0 spiro atoms. The summed E-state index contributed by atoms with van der Waals surface area (Å²) >= 11 is 0. The number of hydrogen-bond acceptors (Lipinski definition) is 4. The Labute approximate surface area is 154 Å². The fraction of sp³-hybridized carbons (Fsp3) is 0.316. The maximum atomic E-state index is 12.6. The van der Waals surface area contributed by atoms with E-state index in [0.717, 1.165) is 11.3 Å². The number of urea groups is 1. The minimum Gasteiger partial charge on any atom is -0.382 e. The lowest BCUT2D eigenvalue weighted by molar-refractivity contribution is 0.193. The number of hydrogen-bond donors (Lipinski definition) is 1. The van der Waals surface area contributed by atoms with Gasteiger partial charge in [-0.15, -0.1) is 0 Å². The number of nitrogens with zero attached hydrogens (tertiary/aromatic N) is 1. The predicted molar refractivity (Wildman–Crippen MR) is 103 cm³/mol. The maximum Gasteiger partial charge on any atom is 0.322 e. The van der Waals surface area contributed by atoms with Crippen LogP contribution in [0.4, 0.5) is 10.5 Å². The monoisotopic (exact) mass is 376 g/mol. The summed E-state index contributed by atoms with van der Waals surface area (Å²) < 4.78 is 28.0. The van der Waals surface area contributed by atoms with Gasteiger partial charge in [0.15, 0.2) is 0 Å². The number of carbonyl (C=O) groups is 1. The molecule has 0 atom stereocenters. The van der Waals surface area contributed by atoms with Gasteiger partial charge < -0.3 is 14.4 Å². The second-order valence-electron chi connectivity index (χ2n) is 6.09. The molecule has 2 rings (SSSR count). The molecule has 2 aromatic rings. The number of amides is 2. The van der Waals surface area contributed by atoms with E-state index in [1.165, 1.54) is 6.92 Å². The second-order valence-corrected chi connectivity index (χ2v) is 7.95. The summed E-state index contributed by atoms with van der Waals surface area (Å²) in [5, 5.41) is 2.88. The van der Waals surface area contributed by atoms with E-state index in [1.54, 1.807) is 29.2 Å². The first kappa shape index (κ1) is 19.8. The molecule has 0 unspecified atom stereocenters. The minimum absolute atomic E-state index is 0.00453. The Morgan fingerprint density at radius 3 is 2.23 bits per heavy atom. The third kappa shape index (κ3) is 5.77. The molecule has 0 saturated heterocycles. The molecule has 0 aliphatic heterocycles. The lowest BCUT2D eigenvalue weighted by Crippen LogP contribution is -2.39. The van der Waals surface area contributed by atoms with Crippen LogP contribution in [-0.4, -0.2) is 31.1 Å². The van der Waals surface area contributed by atoms with Crippen LogP contribution in [0, 0.1) is 0 Å². The van der Waals surface area contributed by atoms with Crippen molar-refractivity contribution in [2.45, 2.75) is 33.4 Å². The van der Waals surface area contributed by atoms with Crippen LogP contribution >= 0.6 is 0 Å². The normalized spacial score (nSPS) is 11.2. The zero-order chi connectivity index (χ0) is 19.2. The first-order valence-corrected chi connectivity index (χ1v) is 10.0. The average Bonchev–Trinajstić information content (AvgIpc) is 2.61. The van der Waals surface area contributed by atoms with Crippen molar-refractivity contribution in [1.82, 2.24) is 4.90 Å². The van der Waals surface area contributed by atoms with Gasteiger partial charge in [-0.3, -0.25) is 0 Å². The Morgan fingerprint density at radius 2 is 1.69 bits per heavy atom. The van der Waals surface area contributed by atoms with E-state index < -0.39 is 10.1 Å². The molecule has 1 N–H and O–H groups in total. The highest BCUT2D eigenvalue weighted by Crippen LogP contribution is 2.17. The number of nitrogens with one attached hydrogen (secondary N) is 1. The van der Waals surface area contributed by atoms with Gasteiger partial charge in [0.2, 0.25) is 0 Å². The average molecular weight is 376 g/mol. The fourth-order valence-corrected chi connectivity index (χ4v) is 2.78. The zero-order valence-electron chi connectivity index (χ0n) is 15.2. The van der Waals surface area contributed by atoms with E-state index in [0.29, 0.717) is 6.54 Å². The van der Waals surface area contributed by atoms with E-state index in [2.05, 4.69) is 5.32 Å². The van der Waals surface area contributed by atoms with E-state index in [-0.39, 0.29) is 23.6 Å². The molecule has 0 saturated carbocycles. The van der Waals surface area contributed by atoms with E-state index in [4.69, 9.17) is 4.18 Å². The molecular formula is C19H24N2O4S. The molecule has 7 heteroatoms. The van der Waals surface area contributed by atoms with Crippen molar-refractivity contribution in [2.24, 2.45) is 0 Å². The van der Waals surface area contributed by atoms with Crippen molar-refractivity contribution in [2.75, 3.05) is 11.1 Å². The van der Waals surface area contributed by atoms with Crippen LogP contribution in [0.15, 0.2) is 54.6 Å². The molecule has 0 aromatic heterocycles. The van der Waals surface area contributed by atoms with Gasteiger partial charge >= 0.3 is 16.1 Å². The third-order valence-corrected chi connectivity index (χ3v) is 4.92. The van der Waals surface area contributed by atoms with Crippen LogP contribution in [0.3, 0.4) is 0 Å². The Balaban J connectivity index is 2.06. The molecule has 0 aliphatic carbocycles. The zero-order valence-corrected chi connectivity index (χ0v) is 16.0. The van der Waals surface area contributed by atoms with Crippen LogP contribution in [-0.2, 0) is 16.7 Å². The summed E-state index contributed by atoms with van der Waals surface area (Å²) in [7, 11) is -3.54. The molecule has 26 heavy (non-hydrogen) atoms. The first-order valence-electron chi connectivity index (χ1n) is 8.44. The quantitative estimate of drug-likeness (QED) is 0.745. The lowest BCUT2D eigenvalue weighted by Gasteiger charge is -2.27. The Morgan fingerprint density at radius 1 is 1.08 bits per heavy atom. The van der Waals surface area contributed by atoms with Gasteiger partial charge in [-0.1, -0.05) is 30.3 Å². The molecule has 0 fully saturated rings. The van der Waals surface area contributed by atoms with Gasteiger partial charge in [0.1, 0.15) is 5.75 Å². The summed E-state index contributed by atoms with van der Waals surface area (Å²) in [4.78, 5) is 14.3. The number of carbonyl (C=O) groups excluding carboxylic acids is 1. The molecule has 2 aromatic carbocycles. The van der Waals surface area contributed by atoms with Gasteiger partial charge in [0.05, 0.1) is 5.75 Å². The summed E-state index contributed by atoms with van der Waals surface area (Å²) in [6.07, 6.45) is 0. The van der Waals surface area contributed by atoms with Crippen LogP contribution in [0.25, 0.3) is 0 Å². The predicted octanol–water partition coefficient (Wildman–Crippen LogP) is 3.86. The molecule has 0 heterocycles. The summed E-state index contributed by atoms with van der Waals surface area (Å²) in [6.45, 7) is 5.80. The lowest BCUT2D eigenvalue weighted by atomic mass is 10.2. The molecule has 140 valence electrons. The van der Waals surface area contributed by atoms with Crippen molar-refractivity contribution < 1.29 is 17.4 Å². The second kappa shape index (κ2) is 8.71. The summed E-state index contributed by atoms with van der Waals surface area (Å²) in [5.74, 6) is 0.177. The van der Waals surface area contributed by atoms with Crippen molar-refractivity contribution in [3.05, 3.63) is 60.2 Å². The fourth-order valence-electron chi connectivity index (χ4n) is 2.26. The smallest absolute Gasteiger partial charge is 0.322 e. The van der Waals surface area contributed by atoms with Crippen molar-refractivity contribution in [3.8, 4) is 5.75 Å². The topological polar surface area (TPSA) is 75.7 Å². The number of benzene rings is 2. The number of rotatable bonds is 7. The standard InChI is InChI=1S/C19H24N2O4S/c1-4-26(23,24)25-18-12-10-16(11-13-18)14-21(15(2)3)19(22)20-17-8-6-5-7-9-17/h5-13,15H,4,14H2,1-3H3,(H,20,22). The molecular weight excluding hydrogens is 352 g/mol. The van der Waals surface area contributed by atoms with Gasteiger partial charge in [-0.2, -0.15) is 8.42 Å². The van der Waals surface area contributed by atoms with Crippen molar-refractivity contribution >= 4 is 21.8 Å². The van der Waals surface area contributed by atoms with Crippen LogP contribution in [0.1, 0.15) is 26.3 Å². The molecule has 0 bridgehead atoms. The first-order chi connectivity index (χ1) is 12.3. The summed E-state index contributed by atoms with van der Waals surface area (Å²) in [5.41, 5.74) is 1.61. The van der Waals surface area contributed by atoms with E-state index in [9.17, 15) is 13.2 Å². The largest absolute Gasteiger partial charge is 0.382 e. The Hall–Kier alpha value is -2.54. The van der Waals surface area contributed by atoms with E-state index >= 15 is 0 Å². The molecule has 0 radical (unpaired) electrons. The SMILES string of the molecule is CCS(=O)(=O)Oc1ccc(CN(C(=O)Nc2ccccc2)C(C)C)cc1. The molecule has 6 nitrogen and oxygen atoms in total. The Bertz CT molecular complexity index is 818. The van der Waals surface area contributed by atoms with Gasteiger partial charge in [0.25, 0.3) is 0 Å². The highest BCUT2D eigenvalue weighted by atomic mass is 32.2. The molecule has 2 amide bonds. The van der Waals surface area contributed by atoms with Crippen LogP contribution < -0.4 is 9.50 Å². The maximum absolute atomic E-state index is 12.6. The van der Waals surface area contributed by atoms with Crippen molar-refractivity contribution in [1.29, 1.82) is 0 Å². The number of anilines is 1.